The minimum atomic E-state index is -1.13. The van der Waals surface area contributed by atoms with Crippen LogP contribution in [0.1, 0.15) is 12.6 Å². The summed E-state index contributed by atoms with van der Waals surface area (Å²) >= 11 is 0. The number of aliphatic hydroxyl groups is 3. The molecule has 0 bridgehead atoms. The first-order valence-corrected chi connectivity index (χ1v) is 6.66. The highest BCUT2D eigenvalue weighted by Crippen LogP contribution is 2.57. The van der Waals surface area contributed by atoms with E-state index >= 15 is 0 Å². The number of nitrogen functional groups attached to an aromatic ring is 1. The molecule has 21 heavy (non-hydrogen) atoms. The van der Waals surface area contributed by atoms with Gasteiger partial charge in [0.05, 0.1) is 6.33 Å². The zero-order chi connectivity index (χ0) is 14.8. The van der Waals surface area contributed by atoms with E-state index in [4.69, 9.17) is 10.5 Å². The molecule has 1 saturated carbocycles. The van der Waals surface area contributed by atoms with Crippen molar-refractivity contribution in [3.8, 4) is 0 Å². The van der Waals surface area contributed by atoms with Crippen LogP contribution in [0.3, 0.4) is 0 Å². The second kappa shape index (κ2) is 4.10. The van der Waals surface area contributed by atoms with Crippen molar-refractivity contribution in [2.75, 3.05) is 12.3 Å². The number of rotatable bonds is 2. The zero-order valence-electron chi connectivity index (χ0n) is 11.0. The van der Waals surface area contributed by atoms with Gasteiger partial charge in [-0.05, 0) is 6.42 Å². The Hall–Kier alpha value is -1.81. The standard InChI is InChI=1S/C12H15N5O4/c13-9-6-10(15-3-14-9)17(4-16-6)11-7(19)8(20)12(21-11)1-5(12)2-18/h3-5,7-8,11,18-20H,1-2H2,(H2,13,14,15)/t5-,7?,8?,11+,12+/m0/s1. The molecule has 2 unspecified atom stereocenters. The number of hydrogen-bond donors (Lipinski definition) is 4. The van der Waals surface area contributed by atoms with Gasteiger partial charge in [0.2, 0.25) is 0 Å². The smallest absolute Gasteiger partial charge is 0.167 e. The number of anilines is 1. The molecule has 5 N–H and O–H groups in total. The normalized spacial score (nSPS) is 38.4. The number of fused-ring (bicyclic) bond motifs is 1. The van der Waals surface area contributed by atoms with Crippen molar-refractivity contribution < 1.29 is 20.1 Å². The third-order valence-corrected chi connectivity index (χ3v) is 4.43. The maximum absolute atomic E-state index is 10.3. The molecule has 1 spiro atoms. The van der Waals surface area contributed by atoms with Gasteiger partial charge in [-0.25, -0.2) is 15.0 Å². The summed E-state index contributed by atoms with van der Waals surface area (Å²) in [6.45, 7) is -0.0870. The fraction of sp³-hybridized carbons (Fsp3) is 0.583. The Morgan fingerprint density at radius 3 is 2.90 bits per heavy atom. The topological polar surface area (TPSA) is 140 Å². The Labute approximate surface area is 119 Å². The van der Waals surface area contributed by atoms with E-state index in [-0.39, 0.29) is 18.3 Å². The molecule has 5 atom stereocenters. The lowest BCUT2D eigenvalue weighted by atomic mass is 10.1. The molecule has 0 aromatic carbocycles. The van der Waals surface area contributed by atoms with E-state index in [2.05, 4.69) is 15.0 Å². The van der Waals surface area contributed by atoms with Crippen LogP contribution in [0.15, 0.2) is 12.7 Å². The van der Waals surface area contributed by atoms with E-state index in [1.54, 1.807) is 0 Å². The number of nitrogens with zero attached hydrogens (tertiary/aromatic N) is 4. The van der Waals surface area contributed by atoms with Crippen molar-refractivity contribution in [1.82, 2.24) is 19.5 Å². The van der Waals surface area contributed by atoms with Gasteiger partial charge in [0.1, 0.15) is 29.7 Å². The van der Waals surface area contributed by atoms with Crippen LogP contribution < -0.4 is 5.73 Å². The summed E-state index contributed by atoms with van der Waals surface area (Å²) in [6.07, 6.45) is 0.257. The van der Waals surface area contributed by atoms with Gasteiger partial charge in [-0.1, -0.05) is 0 Å². The molecule has 4 rings (SSSR count). The Morgan fingerprint density at radius 1 is 1.38 bits per heavy atom. The van der Waals surface area contributed by atoms with Crippen LogP contribution in [0.2, 0.25) is 0 Å². The Kier molecular flexibility index (Phi) is 2.52. The number of aromatic nitrogens is 4. The summed E-state index contributed by atoms with van der Waals surface area (Å²) in [5.41, 5.74) is 5.69. The molecule has 9 heteroatoms. The molecule has 1 aliphatic heterocycles. The molecule has 9 nitrogen and oxygen atoms in total. The van der Waals surface area contributed by atoms with Crippen molar-refractivity contribution in [2.24, 2.45) is 5.92 Å². The molecule has 0 amide bonds. The van der Waals surface area contributed by atoms with Crippen molar-refractivity contribution in [1.29, 1.82) is 0 Å². The second-order valence-corrected chi connectivity index (χ2v) is 5.57. The van der Waals surface area contributed by atoms with Crippen LogP contribution >= 0.6 is 0 Å². The van der Waals surface area contributed by atoms with E-state index < -0.39 is 24.0 Å². The van der Waals surface area contributed by atoms with Gasteiger partial charge in [-0.3, -0.25) is 4.57 Å². The monoisotopic (exact) mass is 293 g/mol. The quantitative estimate of drug-likeness (QED) is 0.519. The molecule has 1 aliphatic carbocycles. The second-order valence-electron chi connectivity index (χ2n) is 5.57. The van der Waals surface area contributed by atoms with Crippen LogP contribution in [0.25, 0.3) is 11.2 Å². The van der Waals surface area contributed by atoms with Gasteiger partial charge in [0.25, 0.3) is 0 Å². The third kappa shape index (κ3) is 1.57. The minimum Gasteiger partial charge on any atom is -0.396 e. The van der Waals surface area contributed by atoms with Crippen molar-refractivity contribution in [3.63, 3.8) is 0 Å². The van der Waals surface area contributed by atoms with Gasteiger partial charge in [0.15, 0.2) is 17.7 Å². The van der Waals surface area contributed by atoms with E-state index in [0.717, 1.165) is 0 Å². The molecule has 2 aliphatic rings. The predicted octanol–water partition coefficient (Wildman–Crippen LogP) is -1.59. The van der Waals surface area contributed by atoms with Crippen LogP contribution in [-0.4, -0.2) is 59.3 Å². The van der Waals surface area contributed by atoms with Gasteiger partial charge in [0, 0.05) is 12.5 Å². The molecule has 112 valence electrons. The van der Waals surface area contributed by atoms with Crippen molar-refractivity contribution in [2.45, 2.75) is 30.5 Å². The lowest BCUT2D eigenvalue weighted by molar-refractivity contribution is -0.0563. The Morgan fingerprint density at radius 2 is 2.19 bits per heavy atom. The first kappa shape index (κ1) is 12.9. The summed E-state index contributed by atoms with van der Waals surface area (Å²) < 4.78 is 7.37. The van der Waals surface area contributed by atoms with Crippen LogP contribution in [0, 0.1) is 5.92 Å². The van der Waals surface area contributed by atoms with Crippen molar-refractivity contribution in [3.05, 3.63) is 12.7 Å². The number of imidazole rings is 1. The van der Waals surface area contributed by atoms with Crippen LogP contribution in [0.5, 0.6) is 0 Å². The number of hydrogen-bond acceptors (Lipinski definition) is 8. The average Bonchev–Trinajstić information content (AvgIpc) is 2.94. The van der Waals surface area contributed by atoms with Gasteiger partial charge in [-0.15, -0.1) is 0 Å². The van der Waals surface area contributed by atoms with E-state index in [1.165, 1.54) is 17.2 Å². The molecular formula is C12H15N5O4. The van der Waals surface area contributed by atoms with E-state index in [0.29, 0.717) is 17.6 Å². The fourth-order valence-electron chi connectivity index (χ4n) is 3.14. The first-order valence-electron chi connectivity index (χ1n) is 6.66. The maximum Gasteiger partial charge on any atom is 0.167 e. The molecule has 3 heterocycles. The fourth-order valence-corrected chi connectivity index (χ4v) is 3.14. The number of ether oxygens (including phenoxy) is 1. The van der Waals surface area contributed by atoms with Crippen LogP contribution in [0.4, 0.5) is 5.82 Å². The molecular weight excluding hydrogens is 278 g/mol. The predicted molar refractivity (Wildman–Crippen MR) is 69.8 cm³/mol. The molecule has 2 aromatic rings. The van der Waals surface area contributed by atoms with E-state index in [9.17, 15) is 15.3 Å². The summed E-state index contributed by atoms with van der Waals surface area (Å²) in [5.74, 6) is 0.0720. The Balaban J connectivity index is 1.75. The SMILES string of the molecule is Nc1ncnc2c1ncn2[C@@H]1O[C@@]2(C[C@H]2CO)C(O)C1O. The van der Waals surface area contributed by atoms with Gasteiger partial charge < -0.3 is 25.8 Å². The third-order valence-electron chi connectivity index (χ3n) is 4.43. The van der Waals surface area contributed by atoms with E-state index in [1.807, 2.05) is 0 Å². The van der Waals surface area contributed by atoms with Gasteiger partial charge >= 0.3 is 0 Å². The largest absolute Gasteiger partial charge is 0.396 e. The first-order chi connectivity index (χ1) is 10.1. The molecule has 1 saturated heterocycles. The number of aliphatic hydroxyl groups excluding tert-OH is 3. The van der Waals surface area contributed by atoms with Crippen LogP contribution in [-0.2, 0) is 4.74 Å². The molecule has 0 radical (unpaired) electrons. The molecule has 2 fully saturated rings. The summed E-state index contributed by atoms with van der Waals surface area (Å²) in [6, 6.07) is 0. The zero-order valence-corrected chi connectivity index (χ0v) is 11.0. The summed E-state index contributed by atoms with van der Waals surface area (Å²) in [7, 11) is 0. The average molecular weight is 293 g/mol. The highest BCUT2D eigenvalue weighted by atomic mass is 16.6. The number of nitrogens with two attached hydrogens (primary N) is 1. The minimum absolute atomic E-state index is 0.0870. The lowest BCUT2D eigenvalue weighted by Gasteiger charge is -2.16. The maximum atomic E-state index is 10.3. The Bertz CT molecular complexity index is 706. The highest BCUT2D eigenvalue weighted by Gasteiger charge is 2.68. The lowest BCUT2D eigenvalue weighted by Crippen LogP contribution is -2.34. The molecule has 2 aromatic heterocycles. The summed E-state index contributed by atoms with van der Waals surface area (Å²) in [4.78, 5) is 12.1. The summed E-state index contributed by atoms with van der Waals surface area (Å²) in [5, 5.41) is 29.7. The van der Waals surface area contributed by atoms with Crippen molar-refractivity contribution >= 4 is 17.0 Å². The van der Waals surface area contributed by atoms with Gasteiger partial charge in [-0.2, -0.15) is 0 Å². The highest BCUT2D eigenvalue weighted by molar-refractivity contribution is 5.81.